The topological polar surface area (TPSA) is 30.5 Å². The molecule has 0 heterocycles. The second-order valence-corrected chi connectivity index (χ2v) is 7.10. The number of hydrogen-bond donors (Lipinski definition) is 1. The number of hydrogen-bond acceptors (Lipinski definition) is 3. The first-order valence-corrected chi connectivity index (χ1v) is 9.38. The molecule has 0 radical (unpaired) electrons. The van der Waals surface area contributed by atoms with E-state index in [1.807, 2.05) is 18.2 Å². The van der Waals surface area contributed by atoms with Crippen LogP contribution in [0, 0.1) is 12.7 Å². The molecule has 0 aliphatic rings. The lowest BCUT2D eigenvalue weighted by atomic mass is 10.1. The highest BCUT2D eigenvalue weighted by atomic mass is 79.9. The van der Waals surface area contributed by atoms with Crippen molar-refractivity contribution in [3.63, 3.8) is 0 Å². The third kappa shape index (κ3) is 5.23. The molecule has 140 valence electrons. The van der Waals surface area contributed by atoms with E-state index in [0.29, 0.717) is 18.0 Å². The van der Waals surface area contributed by atoms with E-state index in [1.165, 1.54) is 17.7 Å². The Kier molecular flexibility index (Phi) is 6.35. The fraction of sp³-hybridized carbons (Fsp3) is 0.182. The van der Waals surface area contributed by atoms with Gasteiger partial charge >= 0.3 is 0 Å². The number of halogens is 2. The number of benzene rings is 3. The zero-order valence-corrected chi connectivity index (χ0v) is 16.8. The van der Waals surface area contributed by atoms with Crippen LogP contribution in [0.4, 0.5) is 10.1 Å². The van der Waals surface area contributed by atoms with E-state index in [2.05, 4.69) is 52.4 Å². The summed E-state index contributed by atoms with van der Waals surface area (Å²) in [6.07, 6.45) is 0. The van der Waals surface area contributed by atoms with Gasteiger partial charge in [0.15, 0.2) is 11.5 Å². The molecule has 0 atom stereocenters. The summed E-state index contributed by atoms with van der Waals surface area (Å²) in [5, 5.41) is 3.39. The van der Waals surface area contributed by atoms with Gasteiger partial charge in [-0.05, 0) is 70.4 Å². The van der Waals surface area contributed by atoms with Crippen molar-refractivity contribution < 1.29 is 13.9 Å². The fourth-order valence-electron chi connectivity index (χ4n) is 2.67. The van der Waals surface area contributed by atoms with Crippen LogP contribution in [0.1, 0.15) is 16.7 Å². The van der Waals surface area contributed by atoms with Gasteiger partial charge in [0.1, 0.15) is 12.4 Å². The Morgan fingerprint density at radius 2 is 1.78 bits per heavy atom. The van der Waals surface area contributed by atoms with E-state index < -0.39 is 0 Å². The summed E-state index contributed by atoms with van der Waals surface area (Å²) < 4.78 is 25.5. The summed E-state index contributed by atoms with van der Waals surface area (Å²) in [5.41, 5.74) is 4.10. The Labute approximate surface area is 167 Å². The van der Waals surface area contributed by atoms with Gasteiger partial charge in [0.2, 0.25) is 0 Å². The summed E-state index contributed by atoms with van der Waals surface area (Å²) in [5.74, 6) is 0.946. The molecule has 0 aromatic heterocycles. The lowest BCUT2D eigenvalue weighted by Crippen LogP contribution is -2.03. The molecule has 0 spiro atoms. The highest BCUT2D eigenvalue weighted by molar-refractivity contribution is 9.10. The highest BCUT2D eigenvalue weighted by Gasteiger charge is 2.12. The van der Waals surface area contributed by atoms with Gasteiger partial charge in [0.05, 0.1) is 11.6 Å². The number of anilines is 1. The quantitative estimate of drug-likeness (QED) is 0.492. The first kappa shape index (κ1) is 19.2. The maximum atomic E-state index is 13.3. The first-order valence-electron chi connectivity index (χ1n) is 8.59. The minimum Gasteiger partial charge on any atom is -0.493 e. The Bertz CT molecular complexity index is 913. The Balaban J connectivity index is 1.71. The van der Waals surface area contributed by atoms with E-state index in [1.54, 1.807) is 13.2 Å². The smallest absolute Gasteiger partial charge is 0.175 e. The normalized spacial score (nSPS) is 10.5. The SMILES string of the molecule is COc1cc(CNc2ccc(C)cc2)cc(Br)c1OCc1cccc(F)c1. The zero-order valence-electron chi connectivity index (χ0n) is 15.3. The summed E-state index contributed by atoms with van der Waals surface area (Å²) in [7, 11) is 1.61. The molecule has 0 saturated heterocycles. The van der Waals surface area contributed by atoms with Crippen LogP contribution in [0.15, 0.2) is 65.1 Å². The van der Waals surface area contributed by atoms with Crippen molar-refractivity contribution in [3.05, 3.63) is 87.6 Å². The third-order valence-electron chi connectivity index (χ3n) is 4.11. The summed E-state index contributed by atoms with van der Waals surface area (Å²) >= 11 is 3.56. The number of methoxy groups -OCH3 is 1. The van der Waals surface area contributed by atoms with E-state index in [9.17, 15) is 4.39 Å². The lowest BCUT2D eigenvalue weighted by Gasteiger charge is -2.15. The monoisotopic (exact) mass is 429 g/mol. The van der Waals surface area contributed by atoms with Crippen molar-refractivity contribution in [2.24, 2.45) is 0 Å². The second-order valence-electron chi connectivity index (χ2n) is 6.25. The molecular weight excluding hydrogens is 409 g/mol. The van der Waals surface area contributed by atoms with Gasteiger partial charge in [-0.1, -0.05) is 29.8 Å². The zero-order chi connectivity index (χ0) is 19.2. The molecule has 3 nitrogen and oxygen atoms in total. The Morgan fingerprint density at radius 1 is 1.00 bits per heavy atom. The molecule has 3 aromatic carbocycles. The van der Waals surface area contributed by atoms with E-state index in [4.69, 9.17) is 9.47 Å². The molecule has 0 bridgehead atoms. The number of aryl methyl sites for hydroxylation is 1. The number of ether oxygens (including phenoxy) is 2. The second kappa shape index (κ2) is 8.91. The van der Waals surface area contributed by atoms with Gasteiger partial charge in [-0.25, -0.2) is 4.39 Å². The molecule has 5 heteroatoms. The van der Waals surface area contributed by atoms with Crippen molar-refractivity contribution in [2.75, 3.05) is 12.4 Å². The van der Waals surface area contributed by atoms with Crippen molar-refractivity contribution in [1.82, 2.24) is 0 Å². The predicted octanol–water partition coefficient (Wildman–Crippen LogP) is 6.10. The van der Waals surface area contributed by atoms with Gasteiger partial charge < -0.3 is 14.8 Å². The van der Waals surface area contributed by atoms with Crippen molar-refractivity contribution in [2.45, 2.75) is 20.1 Å². The maximum Gasteiger partial charge on any atom is 0.175 e. The summed E-state index contributed by atoms with van der Waals surface area (Å²) in [6, 6.07) is 18.5. The van der Waals surface area contributed by atoms with Gasteiger partial charge in [0.25, 0.3) is 0 Å². The van der Waals surface area contributed by atoms with Crippen LogP contribution in [0.25, 0.3) is 0 Å². The number of rotatable bonds is 7. The van der Waals surface area contributed by atoms with Crippen molar-refractivity contribution >= 4 is 21.6 Å². The predicted molar refractivity (Wildman–Crippen MR) is 110 cm³/mol. The number of nitrogens with one attached hydrogen (secondary N) is 1. The fourth-order valence-corrected chi connectivity index (χ4v) is 3.28. The van der Waals surface area contributed by atoms with Crippen LogP contribution in [-0.2, 0) is 13.2 Å². The third-order valence-corrected chi connectivity index (χ3v) is 4.70. The van der Waals surface area contributed by atoms with Crippen LogP contribution in [-0.4, -0.2) is 7.11 Å². The van der Waals surface area contributed by atoms with Gasteiger partial charge in [0, 0.05) is 12.2 Å². The van der Waals surface area contributed by atoms with Gasteiger partial charge in [-0.2, -0.15) is 0 Å². The molecule has 0 aliphatic heterocycles. The van der Waals surface area contributed by atoms with Gasteiger partial charge in [-0.15, -0.1) is 0 Å². The minimum absolute atomic E-state index is 0.258. The average Bonchev–Trinajstić information content (AvgIpc) is 2.66. The highest BCUT2D eigenvalue weighted by Crippen LogP contribution is 2.37. The molecule has 0 fully saturated rings. The molecule has 1 N–H and O–H groups in total. The van der Waals surface area contributed by atoms with Crippen molar-refractivity contribution in [1.29, 1.82) is 0 Å². The van der Waals surface area contributed by atoms with E-state index in [-0.39, 0.29) is 12.4 Å². The van der Waals surface area contributed by atoms with E-state index >= 15 is 0 Å². The van der Waals surface area contributed by atoms with Crippen LogP contribution in [0.2, 0.25) is 0 Å². The molecule has 3 rings (SSSR count). The Morgan fingerprint density at radius 3 is 2.48 bits per heavy atom. The van der Waals surface area contributed by atoms with Crippen molar-refractivity contribution in [3.8, 4) is 11.5 Å². The first-order chi connectivity index (χ1) is 13.0. The summed E-state index contributed by atoms with van der Waals surface area (Å²) in [4.78, 5) is 0. The minimum atomic E-state index is -0.278. The van der Waals surface area contributed by atoms with Crippen LogP contribution in [0.5, 0.6) is 11.5 Å². The molecule has 0 unspecified atom stereocenters. The molecule has 0 amide bonds. The molecular formula is C22H21BrFNO2. The maximum absolute atomic E-state index is 13.3. The molecule has 27 heavy (non-hydrogen) atoms. The lowest BCUT2D eigenvalue weighted by molar-refractivity contribution is 0.282. The largest absolute Gasteiger partial charge is 0.493 e. The Hall–Kier alpha value is -2.53. The van der Waals surface area contributed by atoms with Crippen LogP contribution >= 0.6 is 15.9 Å². The molecule has 0 saturated carbocycles. The van der Waals surface area contributed by atoms with Gasteiger partial charge in [-0.3, -0.25) is 0 Å². The van der Waals surface area contributed by atoms with Crippen LogP contribution < -0.4 is 14.8 Å². The average molecular weight is 430 g/mol. The van der Waals surface area contributed by atoms with Crippen LogP contribution in [0.3, 0.4) is 0 Å². The molecule has 3 aromatic rings. The summed E-state index contributed by atoms with van der Waals surface area (Å²) in [6.45, 7) is 2.98. The van der Waals surface area contributed by atoms with E-state index in [0.717, 1.165) is 21.3 Å². The standard InChI is InChI=1S/C22H21BrFNO2/c1-15-6-8-19(9-7-15)25-13-17-11-20(23)22(21(12-17)26-2)27-14-16-4-3-5-18(24)10-16/h3-12,25H,13-14H2,1-2H3. The molecule has 0 aliphatic carbocycles.